The van der Waals surface area contributed by atoms with E-state index in [4.69, 9.17) is 0 Å². The normalized spacial score (nSPS) is 16.6. The van der Waals surface area contributed by atoms with Crippen molar-refractivity contribution in [3.63, 3.8) is 0 Å². The fourth-order valence-electron chi connectivity index (χ4n) is 4.55. The Balaban J connectivity index is 1.41. The highest BCUT2D eigenvalue weighted by Gasteiger charge is 2.41. The molecule has 0 spiro atoms. The van der Waals surface area contributed by atoms with Crippen LogP contribution < -0.4 is 20.5 Å². The standard InChI is InChI=1S/C26H22F6N6O5S2/c1-15-12-21(39)38-23(34-15)44-24(35-38)36-10-11-37(45(41,42)19-8-4-17(5-9-19)25(27,28)29)20(14-36)22(40)33-13-16-2-6-18(7-3-16)43-26(30,31)32/h2-9,12,20H,10-11,13-14H2,1H3,(H,33,40)/t20-/m1/s1. The number of anilines is 1. The number of aryl methyl sites for hydroxylation is 1. The first kappa shape index (κ1) is 32.2. The van der Waals surface area contributed by atoms with Crippen molar-refractivity contribution >= 4 is 37.4 Å². The van der Waals surface area contributed by atoms with Crippen LogP contribution in [0.2, 0.25) is 0 Å². The lowest BCUT2D eigenvalue weighted by Crippen LogP contribution is -2.60. The van der Waals surface area contributed by atoms with Gasteiger partial charge in [0, 0.05) is 37.9 Å². The van der Waals surface area contributed by atoms with Crippen LogP contribution in [0.1, 0.15) is 16.8 Å². The van der Waals surface area contributed by atoms with E-state index in [0.29, 0.717) is 23.4 Å². The molecule has 1 atom stereocenters. The van der Waals surface area contributed by atoms with Gasteiger partial charge in [0.2, 0.25) is 26.0 Å². The number of hydrogen-bond acceptors (Lipinski definition) is 9. The molecular weight excluding hydrogens is 654 g/mol. The molecule has 1 N–H and O–H groups in total. The summed E-state index contributed by atoms with van der Waals surface area (Å²) in [6.45, 7) is 0.913. The molecular formula is C26H22F6N6O5S2. The summed E-state index contributed by atoms with van der Waals surface area (Å²) in [5, 5.41) is 7.10. The lowest BCUT2D eigenvalue weighted by atomic mass is 10.2. The Morgan fingerprint density at radius 3 is 2.33 bits per heavy atom. The van der Waals surface area contributed by atoms with Gasteiger partial charge in [-0.3, -0.25) is 9.59 Å². The monoisotopic (exact) mass is 676 g/mol. The number of aromatic nitrogens is 3. The molecule has 0 saturated carbocycles. The number of piperazine rings is 1. The summed E-state index contributed by atoms with van der Waals surface area (Å²) in [4.78, 5) is 31.5. The second-order valence-electron chi connectivity index (χ2n) is 9.82. The lowest BCUT2D eigenvalue weighted by molar-refractivity contribution is -0.274. The van der Waals surface area contributed by atoms with Gasteiger partial charge in [-0.2, -0.15) is 22.0 Å². The average molecular weight is 677 g/mol. The van der Waals surface area contributed by atoms with Crippen LogP contribution in [0.5, 0.6) is 5.75 Å². The molecule has 5 rings (SSSR count). The van der Waals surface area contributed by atoms with Crippen molar-refractivity contribution in [3.8, 4) is 5.75 Å². The Hall–Kier alpha value is -4.23. The van der Waals surface area contributed by atoms with Gasteiger partial charge < -0.3 is 15.0 Å². The maximum absolute atomic E-state index is 13.6. The number of nitrogens with zero attached hydrogens (tertiary/aromatic N) is 5. The molecule has 1 saturated heterocycles. The van der Waals surface area contributed by atoms with Crippen LogP contribution in [0.15, 0.2) is 64.3 Å². The largest absolute Gasteiger partial charge is 0.573 e. The number of carbonyl (C=O) groups excluding carboxylic acids is 1. The SMILES string of the molecule is Cc1cc(=O)n2nc(N3CCN(S(=O)(=O)c4ccc(C(F)(F)F)cc4)[C@@H](C(=O)NCc4ccc(OC(F)(F)F)cc4)C3)sc2n1. The van der Waals surface area contributed by atoms with Crippen LogP contribution in [-0.4, -0.2) is 65.3 Å². The zero-order chi connectivity index (χ0) is 32.7. The highest BCUT2D eigenvalue weighted by Crippen LogP contribution is 2.32. The fraction of sp³-hybridized carbons (Fsp3) is 0.308. The molecule has 240 valence electrons. The second kappa shape index (κ2) is 11.9. The average Bonchev–Trinajstić information content (AvgIpc) is 3.40. The van der Waals surface area contributed by atoms with Crippen LogP contribution in [0.3, 0.4) is 0 Å². The molecule has 45 heavy (non-hydrogen) atoms. The number of benzene rings is 2. The summed E-state index contributed by atoms with van der Waals surface area (Å²) < 4.78 is 110. The smallest absolute Gasteiger partial charge is 0.406 e. The van der Waals surface area contributed by atoms with Gasteiger partial charge in [0.05, 0.1) is 10.5 Å². The number of fused-ring (bicyclic) bond motifs is 1. The minimum Gasteiger partial charge on any atom is -0.406 e. The maximum Gasteiger partial charge on any atom is 0.573 e. The predicted octanol–water partition coefficient (Wildman–Crippen LogP) is 3.57. The number of halogens is 6. The van der Waals surface area contributed by atoms with Crippen LogP contribution in [0, 0.1) is 6.92 Å². The van der Waals surface area contributed by atoms with E-state index in [9.17, 15) is 44.3 Å². The number of alkyl halides is 6. The summed E-state index contributed by atoms with van der Waals surface area (Å²) in [6.07, 6.45) is -9.59. The van der Waals surface area contributed by atoms with E-state index < -0.39 is 56.3 Å². The first-order chi connectivity index (χ1) is 21.0. The van der Waals surface area contributed by atoms with E-state index in [2.05, 4.69) is 20.1 Å². The topological polar surface area (TPSA) is 126 Å². The van der Waals surface area contributed by atoms with E-state index in [1.807, 2.05) is 0 Å². The van der Waals surface area contributed by atoms with Gasteiger partial charge in [-0.25, -0.2) is 13.4 Å². The first-order valence-electron chi connectivity index (χ1n) is 13.0. The lowest BCUT2D eigenvalue weighted by Gasteiger charge is -2.39. The van der Waals surface area contributed by atoms with Crippen LogP contribution in [-0.2, 0) is 27.5 Å². The number of rotatable bonds is 7. The molecule has 1 aliphatic heterocycles. The predicted molar refractivity (Wildman–Crippen MR) is 148 cm³/mol. The van der Waals surface area contributed by atoms with Gasteiger partial charge in [0.15, 0.2) is 0 Å². The molecule has 19 heteroatoms. The summed E-state index contributed by atoms with van der Waals surface area (Å²) in [7, 11) is -4.50. The van der Waals surface area contributed by atoms with E-state index in [0.717, 1.165) is 44.4 Å². The molecule has 4 aromatic rings. The zero-order valence-electron chi connectivity index (χ0n) is 23.0. The first-order valence-corrected chi connectivity index (χ1v) is 15.2. The molecule has 0 aliphatic carbocycles. The zero-order valence-corrected chi connectivity index (χ0v) is 24.6. The number of carbonyl (C=O) groups is 1. The Bertz CT molecular complexity index is 1880. The van der Waals surface area contributed by atoms with Crippen molar-refractivity contribution < 1.29 is 44.3 Å². The number of amides is 1. The summed E-state index contributed by atoms with van der Waals surface area (Å²) in [6, 6.07) is 7.36. The summed E-state index contributed by atoms with van der Waals surface area (Å²) in [5.41, 5.74) is -0.667. The van der Waals surface area contributed by atoms with Gasteiger partial charge in [0.25, 0.3) is 5.56 Å². The quantitative estimate of drug-likeness (QED) is 0.295. The van der Waals surface area contributed by atoms with Crippen molar-refractivity contribution in [1.29, 1.82) is 0 Å². The minimum atomic E-state index is -4.89. The van der Waals surface area contributed by atoms with Crippen LogP contribution in [0.25, 0.3) is 4.96 Å². The van der Waals surface area contributed by atoms with Gasteiger partial charge >= 0.3 is 12.5 Å². The third-order valence-corrected chi connectivity index (χ3v) is 9.57. The Labute approximate surface area is 254 Å². The molecule has 2 aromatic carbocycles. The van der Waals surface area contributed by atoms with Crippen molar-refractivity contribution in [3.05, 3.63) is 81.8 Å². The van der Waals surface area contributed by atoms with Crippen molar-refractivity contribution in [2.24, 2.45) is 0 Å². The molecule has 3 heterocycles. The van der Waals surface area contributed by atoms with E-state index in [1.165, 1.54) is 18.2 Å². The van der Waals surface area contributed by atoms with Crippen LogP contribution >= 0.6 is 11.3 Å². The van der Waals surface area contributed by atoms with Gasteiger partial charge in [0.1, 0.15) is 11.8 Å². The van der Waals surface area contributed by atoms with Gasteiger partial charge in [-0.15, -0.1) is 18.3 Å². The van der Waals surface area contributed by atoms with Crippen molar-refractivity contribution in [2.75, 3.05) is 24.5 Å². The Morgan fingerprint density at radius 2 is 1.71 bits per heavy atom. The van der Waals surface area contributed by atoms with E-state index in [-0.39, 0.29) is 36.3 Å². The molecule has 0 radical (unpaired) electrons. The third kappa shape index (κ3) is 7.20. The molecule has 1 fully saturated rings. The highest BCUT2D eigenvalue weighted by atomic mass is 32.2. The summed E-state index contributed by atoms with van der Waals surface area (Å²) >= 11 is 1.04. The third-order valence-electron chi connectivity index (χ3n) is 6.68. The molecule has 0 unspecified atom stereocenters. The molecule has 2 aromatic heterocycles. The Morgan fingerprint density at radius 1 is 1.04 bits per heavy atom. The number of ether oxygens (including phenoxy) is 1. The fourth-order valence-corrected chi connectivity index (χ4v) is 7.10. The van der Waals surface area contributed by atoms with E-state index >= 15 is 0 Å². The maximum atomic E-state index is 13.6. The molecule has 1 amide bonds. The molecule has 1 aliphatic rings. The second-order valence-corrected chi connectivity index (χ2v) is 12.6. The van der Waals surface area contributed by atoms with Crippen molar-refractivity contribution in [2.45, 2.75) is 36.9 Å². The van der Waals surface area contributed by atoms with Gasteiger partial charge in [-0.1, -0.05) is 23.5 Å². The number of hydrogen-bond donors (Lipinski definition) is 1. The number of nitrogens with one attached hydrogen (secondary N) is 1. The van der Waals surface area contributed by atoms with Crippen molar-refractivity contribution in [1.82, 2.24) is 24.2 Å². The molecule has 11 nitrogen and oxygen atoms in total. The van der Waals surface area contributed by atoms with E-state index in [1.54, 1.807) is 11.8 Å². The number of sulfonamides is 1. The summed E-state index contributed by atoms with van der Waals surface area (Å²) in [5.74, 6) is -1.27. The Kier molecular flexibility index (Phi) is 8.53. The molecule has 0 bridgehead atoms. The van der Waals surface area contributed by atoms with Gasteiger partial charge in [-0.05, 0) is 48.9 Å². The highest BCUT2D eigenvalue weighted by molar-refractivity contribution is 7.89. The minimum absolute atomic E-state index is 0.0118. The van der Waals surface area contributed by atoms with Crippen LogP contribution in [0.4, 0.5) is 31.5 Å².